The second-order valence-electron chi connectivity index (χ2n) is 2.50. The zero-order valence-electron chi connectivity index (χ0n) is 7.53. The Labute approximate surface area is 92.1 Å². The van der Waals surface area contributed by atoms with E-state index in [9.17, 15) is 0 Å². The van der Waals surface area contributed by atoms with E-state index in [1.54, 1.807) is 0 Å². The van der Waals surface area contributed by atoms with E-state index in [-0.39, 0.29) is 0 Å². The van der Waals surface area contributed by atoms with Crippen molar-refractivity contribution in [1.82, 2.24) is 0 Å². The highest BCUT2D eigenvalue weighted by atomic mass is 79.9. The molecule has 0 saturated carbocycles. The van der Waals surface area contributed by atoms with Crippen LogP contribution < -0.4 is 0 Å². The Morgan fingerprint density at radius 3 is 3.07 bits per heavy atom. The first-order valence-electron chi connectivity index (χ1n) is 4.10. The molecule has 1 radical (unpaired) electrons. The van der Waals surface area contributed by atoms with E-state index in [4.69, 9.17) is 11.3 Å². The Kier molecular flexibility index (Phi) is 4.81. The lowest BCUT2D eigenvalue weighted by atomic mass is 10.2. The number of hydrogen-bond acceptors (Lipinski definition) is 2. The van der Waals surface area contributed by atoms with E-state index >= 15 is 0 Å². The Bertz CT molecular complexity index is 355. The average Bonchev–Trinajstić information content (AvgIpc) is 2.18. The van der Waals surface area contributed by atoms with Gasteiger partial charge in [-0.25, -0.2) is 0 Å². The molecule has 0 aliphatic heterocycles. The van der Waals surface area contributed by atoms with Gasteiger partial charge in [0.25, 0.3) is 0 Å². The molecule has 0 aliphatic rings. The number of nitrogens with zero attached hydrogens (tertiary/aromatic N) is 1. The fraction of sp³-hybridized carbons (Fsp3) is 0.182. The molecule has 0 N–H and O–H groups in total. The fourth-order valence-corrected chi connectivity index (χ4v) is 1.19. The molecule has 0 atom stereocenters. The molecule has 0 spiro atoms. The van der Waals surface area contributed by atoms with Crippen LogP contribution in [0.15, 0.2) is 33.9 Å². The molecule has 1 aromatic carbocycles. The summed E-state index contributed by atoms with van der Waals surface area (Å²) in [4.78, 5) is 4.87. The van der Waals surface area contributed by atoms with Gasteiger partial charge in [-0.2, -0.15) is 0 Å². The predicted octanol–water partition coefficient (Wildman–Crippen LogP) is 2.70. The van der Waals surface area contributed by atoms with Gasteiger partial charge in [0, 0.05) is 16.5 Å². The molecular formula is C11H9BrNO. The molecule has 0 fully saturated rings. The molecule has 71 valence electrons. The second-order valence-corrected chi connectivity index (χ2v) is 3.42. The Balaban J connectivity index is 2.41. The number of terminal acetylenes is 1. The fourth-order valence-electron chi connectivity index (χ4n) is 0.793. The van der Waals surface area contributed by atoms with Gasteiger partial charge in [0.1, 0.15) is 12.8 Å². The minimum absolute atomic E-state index is 0.428. The van der Waals surface area contributed by atoms with E-state index in [0.29, 0.717) is 13.0 Å². The van der Waals surface area contributed by atoms with E-state index in [1.807, 2.05) is 24.3 Å². The molecule has 0 heterocycles. The van der Waals surface area contributed by atoms with Crippen LogP contribution in [0.1, 0.15) is 12.0 Å². The second kappa shape index (κ2) is 6.22. The zero-order chi connectivity index (χ0) is 10.2. The molecule has 0 aliphatic carbocycles. The third kappa shape index (κ3) is 4.11. The van der Waals surface area contributed by atoms with Crippen LogP contribution in [0.25, 0.3) is 0 Å². The minimum atomic E-state index is 0.428. The summed E-state index contributed by atoms with van der Waals surface area (Å²) in [5.41, 5.74) is 0.861. The summed E-state index contributed by atoms with van der Waals surface area (Å²) in [6.45, 7) is 0.428. The molecule has 2 nitrogen and oxygen atoms in total. The van der Waals surface area contributed by atoms with Crippen molar-refractivity contribution in [2.45, 2.75) is 6.42 Å². The summed E-state index contributed by atoms with van der Waals surface area (Å²) >= 11 is 3.35. The van der Waals surface area contributed by atoms with Crippen LogP contribution in [0.2, 0.25) is 0 Å². The molecule has 0 saturated heterocycles. The molecule has 0 aromatic heterocycles. The van der Waals surface area contributed by atoms with Crippen LogP contribution in [0, 0.1) is 12.3 Å². The Morgan fingerprint density at radius 1 is 1.50 bits per heavy atom. The van der Waals surface area contributed by atoms with Crippen LogP contribution in [0.4, 0.5) is 0 Å². The number of rotatable bonds is 4. The van der Waals surface area contributed by atoms with Crippen LogP contribution >= 0.6 is 15.9 Å². The smallest absolute Gasteiger partial charge is 0.139 e. The molecule has 14 heavy (non-hydrogen) atoms. The number of benzene rings is 1. The summed E-state index contributed by atoms with van der Waals surface area (Å²) in [7, 11) is 0. The maximum absolute atomic E-state index is 5.04. The van der Waals surface area contributed by atoms with E-state index in [2.05, 4.69) is 33.2 Å². The summed E-state index contributed by atoms with van der Waals surface area (Å²) in [5.74, 6) is 2.46. The molecule has 3 heteroatoms. The lowest BCUT2D eigenvalue weighted by Crippen LogP contribution is -1.87. The van der Waals surface area contributed by atoms with Gasteiger partial charge in [0.05, 0.1) is 0 Å². The van der Waals surface area contributed by atoms with E-state index in [1.165, 1.54) is 0 Å². The molecule has 1 rings (SSSR count). The van der Waals surface area contributed by atoms with Gasteiger partial charge in [-0.1, -0.05) is 33.2 Å². The Hall–Kier alpha value is -1.27. The van der Waals surface area contributed by atoms with Crippen molar-refractivity contribution in [2.24, 2.45) is 5.16 Å². The van der Waals surface area contributed by atoms with Crippen molar-refractivity contribution in [3.05, 3.63) is 34.3 Å². The first-order valence-corrected chi connectivity index (χ1v) is 4.89. The van der Waals surface area contributed by atoms with Crippen molar-refractivity contribution in [1.29, 1.82) is 0 Å². The van der Waals surface area contributed by atoms with Crippen molar-refractivity contribution in [2.75, 3.05) is 6.61 Å². The van der Waals surface area contributed by atoms with Crippen LogP contribution in [-0.2, 0) is 4.84 Å². The maximum Gasteiger partial charge on any atom is 0.139 e. The molecular weight excluding hydrogens is 242 g/mol. The first-order chi connectivity index (χ1) is 6.83. The van der Waals surface area contributed by atoms with Gasteiger partial charge in [-0.15, -0.1) is 12.3 Å². The van der Waals surface area contributed by atoms with Crippen molar-refractivity contribution in [3.63, 3.8) is 0 Å². The monoisotopic (exact) mass is 250 g/mol. The predicted molar refractivity (Wildman–Crippen MR) is 60.1 cm³/mol. The van der Waals surface area contributed by atoms with Crippen LogP contribution in [-0.4, -0.2) is 12.8 Å². The van der Waals surface area contributed by atoms with Crippen molar-refractivity contribution < 1.29 is 4.84 Å². The summed E-state index contributed by atoms with van der Waals surface area (Å²) in [6, 6.07) is 7.63. The molecule has 0 bridgehead atoms. The highest BCUT2D eigenvalue weighted by molar-refractivity contribution is 9.10. The van der Waals surface area contributed by atoms with E-state index in [0.717, 1.165) is 10.0 Å². The minimum Gasteiger partial charge on any atom is -0.394 e. The average molecular weight is 251 g/mol. The highest BCUT2D eigenvalue weighted by Gasteiger charge is 1.90. The van der Waals surface area contributed by atoms with Crippen LogP contribution in [0.3, 0.4) is 0 Å². The van der Waals surface area contributed by atoms with Gasteiger partial charge in [0.15, 0.2) is 0 Å². The Morgan fingerprint density at radius 2 is 2.36 bits per heavy atom. The SMILES string of the molecule is C#CCCON=[C]c1cccc(Br)c1. The molecule has 1 aromatic rings. The quantitative estimate of drug-likeness (QED) is 0.349. The number of halogens is 1. The van der Waals surface area contributed by atoms with Gasteiger partial charge >= 0.3 is 0 Å². The largest absolute Gasteiger partial charge is 0.394 e. The third-order valence-corrected chi connectivity index (χ3v) is 1.89. The summed E-state index contributed by atoms with van der Waals surface area (Å²) in [6.07, 6.45) is 8.35. The van der Waals surface area contributed by atoms with Crippen molar-refractivity contribution >= 4 is 22.1 Å². The zero-order valence-corrected chi connectivity index (χ0v) is 9.12. The lowest BCUT2D eigenvalue weighted by Gasteiger charge is -1.94. The van der Waals surface area contributed by atoms with Crippen molar-refractivity contribution in [3.8, 4) is 12.3 Å². The van der Waals surface area contributed by atoms with Gasteiger partial charge in [-0.05, 0) is 12.1 Å². The number of hydrogen-bond donors (Lipinski definition) is 0. The first kappa shape index (κ1) is 10.8. The standard InChI is InChI=1S/C11H9BrNO/c1-2-3-7-14-13-9-10-5-4-6-11(12)8-10/h1,4-6,8H,3,7H2. The summed E-state index contributed by atoms with van der Waals surface area (Å²) < 4.78 is 0.987. The molecule has 0 unspecified atom stereocenters. The van der Waals surface area contributed by atoms with Gasteiger partial charge in [-0.3, -0.25) is 0 Å². The van der Waals surface area contributed by atoms with Crippen LogP contribution in [0.5, 0.6) is 0 Å². The van der Waals surface area contributed by atoms with E-state index < -0.39 is 0 Å². The third-order valence-electron chi connectivity index (χ3n) is 1.40. The maximum atomic E-state index is 5.04. The molecule has 0 amide bonds. The summed E-state index contributed by atoms with van der Waals surface area (Å²) in [5, 5.41) is 3.65. The normalized spacial score (nSPS) is 10.0. The van der Waals surface area contributed by atoms with Gasteiger partial charge in [0.2, 0.25) is 0 Å². The van der Waals surface area contributed by atoms with Gasteiger partial charge < -0.3 is 4.84 Å². The highest BCUT2D eigenvalue weighted by Crippen LogP contribution is 2.09. The lowest BCUT2D eigenvalue weighted by molar-refractivity contribution is 0.152. The topological polar surface area (TPSA) is 21.6 Å².